The Hall–Kier alpha value is -1.39. The second-order valence-corrected chi connectivity index (χ2v) is 4.79. The molecule has 4 heteroatoms. The van der Waals surface area contributed by atoms with E-state index in [0.717, 1.165) is 37.2 Å². The molecule has 2 N–H and O–H groups in total. The fraction of sp³-hybridized carbons (Fsp3) is 0.562. The van der Waals surface area contributed by atoms with Crippen LogP contribution < -0.4 is 10.6 Å². The molecule has 0 aromatic heterocycles. The first-order valence-corrected chi connectivity index (χ1v) is 7.40. The molecule has 0 heterocycles. The number of carbonyl (C=O) groups excluding carboxylic acids is 1. The minimum Gasteiger partial charge on any atom is -0.369 e. The molecule has 0 aliphatic rings. The van der Waals surface area contributed by atoms with Gasteiger partial charge in [-0.05, 0) is 31.5 Å². The van der Waals surface area contributed by atoms with E-state index < -0.39 is 6.10 Å². The van der Waals surface area contributed by atoms with Crippen molar-refractivity contribution in [1.29, 1.82) is 0 Å². The highest BCUT2D eigenvalue weighted by Crippen LogP contribution is 2.15. The number of para-hydroxylation sites is 1. The minimum atomic E-state index is -0.422. The van der Waals surface area contributed by atoms with Crippen LogP contribution in [0, 0.1) is 0 Å². The molecule has 1 atom stereocenters. The molecule has 0 saturated carbocycles. The Morgan fingerprint density at radius 3 is 2.75 bits per heavy atom. The van der Waals surface area contributed by atoms with E-state index >= 15 is 0 Å². The van der Waals surface area contributed by atoms with E-state index in [1.807, 2.05) is 24.3 Å². The van der Waals surface area contributed by atoms with E-state index in [2.05, 4.69) is 24.5 Å². The van der Waals surface area contributed by atoms with Crippen molar-refractivity contribution >= 4 is 11.6 Å². The Labute approximate surface area is 121 Å². The van der Waals surface area contributed by atoms with Crippen LogP contribution in [0.25, 0.3) is 0 Å². The molecule has 4 nitrogen and oxygen atoms in total. The SMILES string of the molecule is CCCCOC(C)C(=O)Nc1ccccc1CNCC. The lowest BCUT2D eigenvalue weighted by Crippen LogP contribution is -2.28. The molecular formula is C16H26N2O2. The number of amides is 1. The Morgan fingerprint density at radius 1 is 1.30 bits per heavy atom. The zero-order valence-corrected chi connectivity index (χ0v) is 12.7. The lowest BCUT2D eigenvalue weighted by molar-refractivity contribution is -0.126. The maximum Gasteiger partial charge on any atom is 0.253 e. The predicted octanol–water partition coefficient (Wildman–Crippen LogP) is 2.94. The molecular weight excluding hydrogens is 252 g/mol. The number of carbonyl (C=O) groups is 1. The van der Waals surface area contributed by atoms with Gasteiger partial charge in [-0.1, -0.05) is 38.5 Å². The van der Waals surface area contributed by atoms with Gasteiger partial charge in [0.15, 0.2) is 0 Å². The summed E-state index contributed by atoms with van der Waals surface area (Å²) in [6.07, 6.45) is 1.63. The van der Waals surface area contributed by atoms with E-state index in [1.54, 1.807) is 6.92 Å². The van der Waals surface area contributed by atoms with Crippen molar-refractivity contribution in [2.45, 2.75) is 46.3 Å². The topological polar surface area (TPSA) is 50.4 Å². The maximum atomic E-state index is 12.1. The van der Waals surface area contributed by atoms with Gasteiger partial charge in [-0.2, -0.15) is 0 Å². The van der Waals surface area contributed by atoms with Gasteiger partial charge in [0, 0.05) is 18.8 Å². The molecule has 0 aliphatic heterocycles. The molecule has 1 rings (SSSR count). The summed E-state index contributed by atoms with van der Waals surface area (Å²) in [6.45, 7) is 8.23. The van der Waals surface area contributed by atoms with Crippen molar-refractivity contribution in [1.82, 2.24) is 5.32 Å². The fourth-order valence-electron chi connectivity index (χ4n) is 1.77. The van der Waals surface area contributed by atoms with Crippen LogP contribution in [0.4, 0.5) is 5.69 Å². The molecule has 112 valence electrons. The summed E-state index contributed by atoms with van der Waals surface area (Å²) >= 11 is 0. The third-order valence-corrected chi connectivity index (χ3v) is 3.08. The molecule has 0 spiro atoms. The molecule has 1 aromatic rings. The van der Waals surface area contributed by atoms with Crippen molar-refractivity contribution in [2.24, 2.45) is 0 Å². The van der Waals surface area contributed by atoms with Crippen LogP contribution in [-0.4, -0.2) is 25.2 Å². The average Bonchev–Trinajstić information content (AvgIpc) is 2.46. The van der Waals surface area contributed by atoms with E-state index in [9.17, 15) is 4.79 Å². The summed E-state index contributed by atoms with van der Waals surface area (Å²) in [4.78, 5) is 12.1. The summed E-state index contributed by atoms with van der Waals surface area (Å²) in [5, 5.41) is 6.21. The number of rotatable bonds is 9. The highest BCUT2D eigenvalue weighted by molar-refractivity contribution is 5.94. The normalized spacial score (nSPS) is 12.2. The summed E-state index contributed by atoms with van der Waals surface area (Å²) in [6, 6.07) is 7.83. The van der Waals surface area contributed by atoms with Crippen molar-refractivity contribution in [3.63, 3.8) is 0 Å². The molecule has 0 bridgehead atoms. The molecule has 1 unspecified atom stereocenters. The zero-order chi connectivity index (χ0) is 14.8. The van der Waals surface area contributed by atoms with Gasteiger partial charge in [-0.25, -0.2) is 0 Å². The fourth-order valence-corrected chi connectivity index (χ4v) is 1.77. The van der Waals surface area contributed by atoms with Crippen LogP contribution in [0.2, 0.25) is 0 Å². The summed E-state index contributed by atoms with van der Waals surface area (Å²) in [5.41, 5.74) is 1.94. The Balaban J connectivity index is 2.56. The van der Waals surface area contributed by atoms with Crippen LogP contribution in [-0.2, 0) is 16.1 Å². The van der Waals surface area contributed by atoms with Crippen LogP contribution in [0.15, 0.2) is 24.3 Å². The van der Waals surface area contributed by atoms with Gasteiger partial charge < -0.3 is 15.4 Å². The molecule has 1 amide bonds. The van der Waals surface area contributed by atoms with Crippen molar-refractivity contribution < 1.29 is 9.53 Å². The summed E-state index contributed by atoms with van der Waals surface area (Å²) < 4.78 is 5.51. The quantitative estimate of drug-likeness (QED) is 0.683. The number of ether oxygens (including phenoxy) is 1. The van der Waals surface area contributed by atoms with Crippen LogP contribution in [0.5, 0.6) is 0 Å². The summed E-state index contributed by atoms with van der Waals surface area (Å²) in [7, 11) is 0. The van der Waals surface area contributed by atoms with Gasteiger partial charge >= 0.3 is 0 Å². The number of unbranched alkanes of at least 4 members (excludes halogenated alkanes) is 1. The van der Waals surface area contributed by atoms with Gasteiger partial charge in [0.2, 0.25) is 0 Å². The second kappa shape index (κ2) is 9.50. The Bertz CT molecular complexity index is 407. The average molecular weight is 278 g/mol. The standard InChI is InChI=1S/C16H26N2O2/c1-4-6-11-20-13(3)16(19)18-15-10-8-7-9-14(15)12-17-5-2/h7-10,13,17H,4-6,11-12H2,1-3H3,(H,18,19). The van der Waals surface area contributed by atoms with Gasteiger partial charge in [0.25, 0.3) is 5.91 Å². The first-order chi connectivity index (χ1) is 9.69. The van der Waals surface area contributed by atoms with Crippen LogP contribution in [0.3, 0.4) is 0 Å². The lowest BCUT2D eigenvalue weighted by Gasteiger charge is -2.15. The minimum absolute atomic E-state index is 0.0925. The highest BCUT2D eigenvalue weighted by Gasteiger charge is 2.14. The highest BCUT2D eigenvalue weighted by atomic mass is 16.5. The van der Waals surface area contributed by atoms with E-state index in [0.29, 0.717) is 6.61 Å². The van der Waals surface area contributed by atoms with E-state index in [1.165, 1.54) is 0 Å². The lowest BCUT2D eigenvalue weighted by atomic mass is 10.1. The number of benzene rings is 1. The second-order valence-electron chi connectivity index (χ2n) is 4.79. The number of hydrogen-bond acceptors (Lipinski definition) is 3. The molecule has 0 aliphatic carbocycles. The van der Waals surface area contributed by atoms with Gasteiger partial charge in [0.1, 0.15) is 6.10 Å². The predicted molar refractivity (Wildman–Crippen MR) is 82.8 cm³/mol. The van der Waals surface area contributed by atoms with E-state index in [4.69, 9.17) is 4.74 Å². The van der Waals surface area contributed by atoms with Crippen molar-refractivity contribution in [2.75, 3.05) is 18.5 Å². The monoisotopic (exact) mass is 278 g/mol. The smallest absolute Gasteiger partial charge is 0.253 e. The van der Waals surface area contributed by atoms with Gasteiger partial charge in [-0.3, -0.25) is 4.79 Å². The number of anilines is 1. The van der Waals surface area contributed by atoms with Gasteiger partial charge in [-0.15, -0.1) is 0 Å². The Morgan fingerprint density at radius 2 is 2.05 bits per heavy atom. The van der Waals surface area contributed by atoms with Crippen LogP contribution >= 0.6 is 0 Å². The first kappa shape index (κ1) is 16.7. The van der Waals surface area contributed by atoms with E-state index in [-0.39, 0.29) is 5.91 Å². The first-order valence-electron chi connectivity index (χ1n) is 7.40. The molecule has 0 saturated heterocycles. The summed E-state index contributed by atoms with van der Waals surface area (Å²) in [5.74, 6) is -0.0925. The zero-order valence-electron chi connectivity index (χ0n) is 12.7. The molecule has 0 radical (unpaired) electrons. The number of nitrogens with one attached hydrogen (secondary N) is 2. The Kier molecular flexibility index (Phi) is 7.92. The van der Waals surface area contributed by atoms with Gasteiger partial charge in [0.05, 0.1) is 0 Å². The van der Waals surface area contributed by atoms with Crippen LogP contribution in [0.1, 0.15) is 39.2 Å². The maximum absolute atomic E-state index is 12.1. The molecule has 20 heavy (non-hydrogen) atoms. The van der Waals surface area contributed by atoms with Crippen molar-refractivity contribution in [3.8, 4) is 0 Å². The molecule has 1 aromatic carbocycles. The molecule has 0 fully saturated rings. The third-order valence-electron chi connectivity index (χ3n) is 3.08. The number of hydrogen-bond donors (Lipinski definition) is 2. The third kappa shape index (κ3) is 5.72. The largest absolute Gasteiger partial charge is 0.369 e. The van der Waals surface area contributed by atoms with Crippen molar-refractivity contribution in [3.05, 3.63) is 29.8 Å².